The quantitative estimate of drug-likeness (QED) is 0.930. The summed E-state index contributed by atoms with van der Waals surface area (Å²) in [6, 6.07) is 10.7. The molecule has 2 aromatic rings. The molecule has 0 bridgehead atoms. The molecule has 0 aliphatic heterocycles. The van der Waals surface area contributed by atoms with Crippen LogP contribution in [0, 0.1) is 5.82 Å². The van der Waals surface area contributed by atoms with E-state index in [1.165, 1.54) is 17.7 Å². The molecule has 2 nitrogen and oxygen atoms in total. The number of aryl methyl sites for hydroxylation is 1. The SMILES string of the molecule is CC(N)(Cc1ccc(F)cc1)C1CCc2cccnc21. The Balaban J connectivity index is 1.84. The van der Waals surface area contributed by atoms with Crippen LogP contribution >= 0.6 is 0 Å². The summed E-state index contributed by atoms with van der Waals surface area (Å²) in [6.45, 7) is 2.07. The molecule has 2 N–H and O–H groups in total. The van der Waals surface area contributed by atoms with Gasteiger partial charge in [-0.1, -0.05) is 18.2 Å². The normalized spacial score (nSPS) is 20.4. The third-order valence-electron chi connectivity index (χ3n) is 4.25. The molecule has 3 heteroatoms. The van der Waals surface area contributed by atoms with Crippen LogP contribution in [-0.4, -0.2) is 10.5 Å². The van der Waals surface area contributed by atoms with Gasteiger partial charge in [-0.15, -0.1) is 0 Å². The Morgan fingerprint density at radius 1 is 1.30 bits per heavy atom. The number of hydrogen-bond acceptors (Lipinski definition) is 2. The number of pyridine rings is 1. The Morgan fingerprint density at radius 3 is 2.80 bits per heavy atom. The van der Waals surface area contributed by atoms with Crippen LogP contribution in [-0.2, 0) is 12.8 Å². The molecule has 1 aromatic heterocycles. The third kappa shape index (κ3) is 2.46. The topological polar surface area (TPSA) is 38.9 Å². The van der Waals surface area contributed by atoms with Crippen molar-refractivity contribution in [2.45, 2.75) is 37.6 Å². The first-order valence-corrected chi connectivity index (χ1v) is 7.03. The molecule has 2 unspecified atom stereocenters. The Morgan fingerprint density at radius 2 is 2.05 bits per heavy atom. The van der Waals surface area contributed by atoms with Crippen LogP contribution in [0.3, 0.4) is 0 Å². The Kier molecular flexibility index (Phi) is 3.30. The molecule has 3 rings (SSSR count). The third-order valence-corrected chi connectivity index (χ3v) is 4.25. The van der Waals surface area contributed by atoms with E-state index in [2.05, 4.69) is 18.0 Å². The molecule has 0 saturated heterocycles. The van der Waals surface area contributed by atoms with Crippen LogP contribution < -0.4 is 5.73 Å². The fraction of sp³-hybridized carbons (Fsp3) is 0.353. The molecule has 0 radical (unpaired) electrons. The molecule has 0 amide bonds. The first-order chi connectivity index (χ1) is 9.56. The zero-order valence-corrected chi connectivity index (χ0v) is 11.6. The largest absolute Gasteiger partial charge is 0.324 e. The number of rotatable bonds is 3. The van der Waals surface area contributed by atoms with Crippen molar-refractivity contribution < 1.29 is 4.39 Å². The predicted octanol–water partition coefficient (Wildman–Crippen LogP) is 3.21. The molecular weight excluding hydrogens is 251 g/mol. The van der Waals surface area contributed by atoms with Gasteiger partial charge in [0.1, 0.15) is 5.82 Å². The average Bonchev–Trinajstić information content (AvgIpc) is 2.86. The summed E-state index contributed by atoms with van der Waals surface area (Å²) < 4.78 is 13.0. The number of aromatic nitrogens is 1. The van der Waals surface area contributed by atoms with Gasteiger partial charge < -0.3 is 5.73 Å². The van der Waals surface area contributed by atoms with Gasteiger partial charge in [0.15, 0.2) is 0 Å². The van der Waals surface area contributed by atoms with Gasteiger partial charge in [-0.25, -0.2) is 4.39 Å². The molecular formula is C17H19FN2. The van der Waals surface area contributed by atoms with E-state index in [1.54, 1.807) is 0 Å². The molecule has 0 spiro atoms. The monoisotopic (exact) mass is 270 g/mol. The highest BCUT2D eigenvalue weighted by Crippen LogP contribution is 2.39. The molecule has 0 fully saturated rings. The van der Waals surface area contributed by atoms with Gasteiger partial charge in [-0.05, 0) is 55.5 Å². The average molecular weight is 270 g/mol. The van der Waals surface area contributed by atoms with Gasteiger partial charge in [0.05, 0.1) is 0 Å². The lowest BCUT2D eigenvalue weighted by Crippen LogP contribution is -2.44. The maximum absolute atomic E-state index is 13.0. The molecule has 0 saturated carbocycles. The summed E-state index contributed by atoms with van der Waals surface area (Å²) in [6.07, 6.45) is 4.66. The van der Waals surface area contributed by atoms with Crippen LogP contribution in [0.4, 0.5) is 4.39 Å². The van der Waals surface area contributed by atoms with E-state index < -0.39 is 0 Å². The zero-order valence-electron chi connectivity index (χ0n) is 11.6. The van der Waals surface area contributed by atoms with E-state index in [-0.39, 0.29) is 17.3 Å². The maximum Gasteiger partial charge on any atom is 0.123 e. The highest BCUT2D eigenvalue weighted by Gasteiger charge is 2.37. The second-order valence-electron chi connectivity index (χ2n) is 5.95. The predicted molar refractivity (Wildman–Crippen MR) is 78.0 cm³/mol. The highest BCUT2D eigenvalue weighted by atomic mass is 19.1. The Labute approximate surface area is 118 Å². The van der Waals surface area contributed by atoms with Crippen molar-refractivity contribution in [3.63, 3.8) is 0 Å². The van der Waals surface area contributed by atoms with Crippen molar-refractivity contribution in [1.29, 1.82) is 0 Å². The molecule has 1 heterocycles. The fourth-order valence-electron chi connectivity index (χ4n) is 3.22. The van der Waals surface area contributed by atoms with E-state index in [0.717, 1.165) is 30.5 Å². The first-order valence-electron chi connectivity index (χ1n) is 7.03. The number of nitrogens with two attached hydrogens (primary N) is 1. The molecule has 2 atom stereocenters. The van der Waals surface area contributed by atoms with Gasteiger partial charge in [0.2, 0.25) is 0 Å². The maximum atomic E-state index is 13.0. The van der Waals surface area contributed by atoms with Crippen molar-refractivity contribution in [3.05, 3.63) is 65.2 Å². The van der Waals surface area contributed by atoms with Gasteiger partial charge in [0.25, 0.3) is 0 Å². The van der Waals surface area contributed by atoms with E-state index in [1.807, 2.05) is 24.4 Å². The minimum absolute atomic E-state index is 0.208. The summed E-state index contributed by atoms with van der Waals surface area (Å²) in [5.74, 6) is 0.0594. The Hall–Kier alpha value is -1.74. The van der Waals surface area contributed by atoms with Crippen LogP contribution in [0.25, 0.3) is 0 Å². The molecule has 1 aromatic carbocycles. The van der Waals surface area contributed by atoms with E-state index >= 15 is 0 Å². The zero-order chi connectivity index (χ0) is 14.2. The van der Waals surface area contributed by atoms with Crippen LogP contribution in [0.1, 0.15) is 36.1 Å². The fourth-order valence-corrected chi connectivity index (χ4v) is 3.22. The molecule has 1 aliphatic rings. The Bertz CT molecular complexity index is 605. The molecule has 1 aliphatic carbocycles. The van der Waals surface area contributed by atoms with Crippen molar-refractivity contribution in [2.75, 3.05) is 0 Å². The summed E-state index contributed by atoms with van der Waals surface area (Å²) in [5.41, 5.74) is 9.73. The van der Waals surface area contributed by atoms with Crippen molar-refractivity contribution >= 4 is 0 Å². The van der Waals surface area contributed by atoms with Crippen molar-refractivity contribution in [2.24, 2.45) is 5.73 Å². The van der Waals surface area contributed by atoms with Gasteiger partial charge in [-0.3, -0.25) is 4.98 Å². The summed E-state index contributed by atoms with van der Waals surface area (Å²) >= 11 is 0. The smallest absolute Gasteiger partial charge is 0.123 e. The lowest BCUT2D eigenvalue weighted by atomic mass is 9.80. The molecule has 104 valence electrons. The van der Waals surface area contributed by atoms with E-state index in [0.29, 0.717) is 0 Å². The highest BCUT2D eigenvalue weighted by molar-refractivity contribution is 5.33. The minimum Gasteiger partial charge on any atom is -0.324 e. The first kappa shape index (κ1) is 13.3. The van der Waals surface area contributed by atoms with E-state index in [4.69, 9.17) is 5.73 Å². The summed E-state index contributed by atoms with van der Waals surface area (Å²) in [4.78, 5) is 4.52. The second kappa shape index (κ2) is 4.98. The van der Waals surface area contributed by atoms with Gasteiger partial charge >= 0.3 is 0 Å². The van der Waals surface area contributed by atoms with Crippen molar-refractivity contribution in [1.82, 2.24) is 4.98 Å². The summed E-state index contributed by atoms with van der Waals surface area (Å²) in [7, 11) is 0. The number of benzene rings is 1. The standard InChI is InChI=1S/C17H19FN2/c1-17(19,11-12-4-7-14(18)8-5-12)15-9-6-13-3-2-10-20-16(13)15/h2-5,7-8,10,15H,6,9,11,19H2,1H3. The van der Waals surface area contributed by atoms with Crippen LogP contribution in [0.5, 0.6) is 0 Å². The summed E-state index contributed by atoms with van der Waals surface area (Å²) in [5, 5.41) is 0. The number of halogens is 1. The minimum atomic E-state index is -0.364. The van der Waals surface area contributed by atoms with Gasteiger partial charge in [-0.2, -0.15) is 0 Å². The number of fused-ring (bicyclic) bond motifs is 1. The van der Waals surface area contributed by atoms with Crippen molar-refractivity contribution in [3.8, 4) is 0 Å². The number of nitrogens with zero attached hydrogens (tertiary/aromatic N) is 1. The van der Waals surface area contributed by atoms with Gasteiger partial charge in [0, 0.05) is 23.3 Å². The number of hydrogen-bond donors (Lipinski definition) is 1. The molecule has 20 heavy (non-hydrogen) atoms. The lowest BCUT2D eigenvalue weighted by Gasteiger charge is -2.32. The van der Waals surface area contributed by atoms with Crippen LogP contribution in [0.2, 0.25) is 0 Å². The van der Waals surface area contributed by atoms with E-state index in [9.17, 15) is 4.39 Å². The lowest BCUT2D eigenvalue weighted by molar-refractivity contribution is 0.366. The van der Waals surface area contributed by atoms with Crippen LogP contribution in [0.15, 0.2) is 42.6 Å². The second-order valence-corrected chi connectivity index (χ2v) is 5.95.